The van der Waals surface area contributed by atoms with Crippen LogP contribution in [0.15, 0.2) is 35.4 Å². The van der Waals surface area contributed by atoms with Gasteiger partial charge in [-0.2, -0.15) is 0 Å². The first kappa shape index (κ1) is 14.2. The Bertz CT molecular complexity index is 742. The van der Waals surface area contributed by atoms with Gasteiger partial charge in [-0.25, -0.2) is 4.98 Å². The highest BCUT2D eigenvalue weighted by Crippen LogP contribution is 2.31. The van der Waals surface area contributed by atoms with E-state index in [9.17, 15) is 9.59 Å². The maximum Gasteiger partial charge on any atom is 0.270 e. The molecular weight excluding hydrogens is 282 g/mol. The number of aromatic amines is 1. The Kier molecular flexibility index (Phi) is 3.86. The summed E-state index contributed by atoms with van der Waals surface area (Å²) in [4.78, 5) is 37.0. The maximum atomic E-state index is 12.6. The second kappa shape index (κ2) is 5.97. The Balaban J connectivity index is 1.89. The molecule has 7 nitrogen and oxygen atoms in total. The second-order valence-corrected chi connectivity index (χ2v) is 5.16. The van der Waals surface area contributed by atoms with Crippen LogP contribution in [-0.4, -0.2) is 39.4 Å². The highest BCUT2D eigenvalue weighted by molar-refractivity contribution is 5.92. The predicted molar refractivity (Wildman–Crippen MR) is 81.7 cm³/mol. The van der Waals surface area contributed by atoms with Crippen LogP contribution in [0, 0.1) is 0 Å². The molecule has 7 heteroatoms. The van der Waals surface area contributed by atoms with Crippen molar-refractivity contribution in [1.29, 1.82) is 0 Å². The molecule has 0 unspecified atom stereocenters. The van der Waals surface area contributed by atoms with E-state index >= 15 is 0 Å². The van der Waals surface area contributed by atoms with E-state index in [-0.39, 0.29) is 17.5 Å². The molecule has 0 spiro atoms. The van der Waals surface area contributed by atoms with Crippen LogP contribution < -0.4 is 10.9 Å². The Morgan fingerprint density at radius 2 is 2.27 bits per heavy atom. The van der Waals surface area contributed by atoms with Crippen molar-refractivity contribution in [2.75, 3.05) is 18.9 Å². The number of nitrogens with zero attached hydrogens (tertiary/aromatic N) is 3. The SMILES string of the molecule is CNc1cncc([C@@H]2CCCN2C(=O)c2cccc(=O)[nH]2)n1. The standard InChI is InChI=1S/C15H17N5O2/c1-16-13-9-17-8-11(18-13)12-5-3-7-20(12)15(22)10-4-2-6-14(21)19-10/h2,4,6,8-9,12H,3,5,7H2,1H3,(H,16,18)(H,19,21)/t12-/m0/s1. The summed E-state index contributed by atoms with van der Waals surface area (Å²) in [5.74, 6) is 0.488. The number of pyridine rings is 1. The highest BCUT2D eigenvalue weighted by Gasteiger charge is 2.32. The molecule has 0 aromatic carbocycles. The van der Waals surface area contributed by atoms with E-state index in [1.807, 2.05) is 0 Å². The van der Waals surface area contributed by atoms with Crippen LogP contribution in [0.5, 0.6) is 0 Å². The summed E-state index contributed by atoms with van der Waals surface area (Å²) in [5, 5.41) is 2.95. The van der Waals surface area contributed by atoms with Crippen molar-refractivity contribution in [2.24, 2.45) is 0 Å². The molecule has 0 bridgehead atoms. The third-order valence-corrected chi connectivity index (χ3v) is 3.76. The van der Waals surface area contributed by atoms with E-state index in [0.29, 0.717) is 18.1 Å². The fourth-order valence-corrected chi connectivity index (χ4v) is 2.71. The number of anilines is 1. The quantitative estimate of drug-likeness (QED) is 0.888. The molecule has 0 aliphatic carbocycles. The summed E-state index contributed by atoms with van der Waals surface area (Å²) in [6.45, 7) is 0.645. The van der Waals surface area contributed by atoms with E-state index in [0.717, 1.165) is 18.5 Å². The summed E-state index contributed by atoms with van der Waals surface area (Å²) in [7, 11) is 1.78. The number of nitrogens with one attached hydrogen (secondary N) is 2. The van der Waals surface area contributed by atoms with Crippen molar-refractivity contribution in [3.63, 3.8) is 0 Å². The van der Waals surface area contributed by atoms with Gasteiger partial charge >= 0.3 is 0 Å². The number of carbonyl (C=O) groups excluding carboxylic acids is 1. The zero-order valence-corrected chi connectivity index (χ0v) is 12.2. The molecule has 2 aromatic rings. The average Bonchev–Trinajstić information content (AvgIpc) is 3.04. The summed E-state index contributed by atoms with van der Waals surface area (Å²) >= 11 is 0. The molecule has 0 saturated carbocycles. The lowest BCUT2D eigenvalue weighted by Gasteiger charge is -2.24. The van der Waals surface area contributed by atoms with E-state index in [2.05, 4.69) is 20.3 Å². The van der Waals surface area contributed by atoms with Gasteiger partial charge in [-0.15, -0.1) is 0 Å². The highest BCUT2D eigenvalue weighted by atomic mass is 16.2. The van der Waals surface area contributed by atoms with Gasteiger partial charge in [0, 0.05) is 19.7 Å². The van der Waals surface area contributed by atoms with Gasteiger partial charge in [0.1, 0.15) is 11.5 Å². The molecule has 22 heavy (non-hydrogen) atoms. The summed E-state index contributed by atoms with van der Waals surface area (Å²) in [5.41, 5.74) is 0.784. The van der Waals surface area contributed by atoms with Crippen LogP contribution in [0.2, 0.25) is 0 Å². The van der Waals surface area contributed by atoms with Gasteiger partial charge < -0.3 is 15.2 Å². The van der Waals surface area contributed by atoms with Gasteiger partial charge in [-0.05, 0) is 18.9 Å². The molecule has 1 amide bonds. The van der Waals surface area contributed by atoms with Gasteiger partial charge in [-0.3, -0.25) is 14.6 Å². The first-order valence-corrected chi connectivity index (χ1v) is 7.19. The minimum absolute atomic E-state index is 0.114. The third kappa shape index (κ3) is 2.69. The van der Waals surface area contributed by atoms with Crippen molar-refractivity contribution in [1.82, 2.24) is 19.9 Å². The molecule has 1 aliphatic heterocycles. The fourth-order valence-electron chi connectivity index (χ4n) is 2.71. The smallest absolute Gasteiger partial charge is 0.270 e. The summed E-state index contributed by atoms with van der Waals surface area (Å²) < 4.78 is 0. The molecule has 0 radical (unpaired) electrons. The van der Waals surface area contributed by atoms with Crippen molar-refractivity contribution >= 4 is 11.7 Å². The topological polar surface area (TPSA) is 91.0 Å². The van der Waals surface area contributed by atoms with Gasteiger partial charge in [-0.1, -0.05) is 6.07 Å². The van der Waals surface area contributed by atoms with Crippen LogP contribution in [-0.2, 0) is 0 Å². The minimum atomic E-state index is -0.279. The lowest BCUT2D eigenvalue weighted by molar-refractivity contribution is 0.0726. The molecule has 3 rings (SSSR count). The number of H-pyrrole nitrogens is 1. The molecule has 2 aromatic heterocycles. The van der Waals surface area contributed by atoms with E-state index in [1.165, 1.54) is 6.07 Å². The van der Waals surface area contributed by atoms with Gasteiger partial charge in [0.15, 0.2) is 0 Å². The Labute approximate surface area is 127 Å². The lowest BCUT2D eigenvalue weighted by atomic mass is 10.1. The van der Waals surface area contributed by atoms with Crippen LogP contribution >= 0.6 is 0 Å². The van der Waals surface area contributed by atoms with Crippen LogP contribution in [0.4, 0.5) is 5.82 Å². The van der Waals surface area contributed by atoms with Crippen molar-refractivity contribution in [3.8, 4) is 0 Å². The third-order valence-electron chi connectivity index (χ3n) is 3.76. The zero-order valence-electron chi connectivity index (χ0n) is 12.2. The Hall–Kier alpha value is -2.70. The molecule has 1 atom stereocenters. The summed E-state index contributed by atoms with van der Waals surface area (Å²) in [6, 6.07) is 4.48. The van der Waals surface area contributed by atoms with Gasteiger partial charge in [0.05, 0.1) is 24.1 Å². The van der Waals surface area contributed by atoms with Crippen molar-refractivity contribution in [2.45, 2.75) is 18.9 Å². The number of amides is 1. The average molecular weight is 299 g/mol. The van der Waals surface area contributed by atoms with E-state index in [1.54, 1.807) is 36.5 Å². The number of hydrogen-bond donors (Lipinski definition) is 2. The minimum Gasteiger partial charge on any atom is -0.372 e. The molecule has 1 aliphatic rings. The van der Waals surface area contributed by atoms with Crippen LogP contribution in [0.25, 0.3) is 0 Å². The second-order valence-electron chi connectivity index (χ2n) is 5.16. The first-order chi connectivity index (χ1) is 10.7. The number of likely N-dealkylation sites (tertiary alicyclic amines) is 1. The molecule has 3 heterocycles. The van der Waals surface area contributed by atoms with Gasteiger partial charge in [0.25, 0.3) is 5.91 Å². The molecule has 1 saturated heterocycles. The Morgan fingerprint density at radius 1 is 1.41 bits per heavy atom. The van der Waals surface area contributed by atoms with E-state index in [4.69, 9.17) is 0 Å². The molecular formula is C15H17N5O2. The van der Waals surface area contributed by atoms with Crippen LogP contribution in [0.1, 0.15) is 35.1 Å². The predicted octanol–water partition coefficient (Wildman–Crippen LogP) is 1.18. The lowest BCUT2D eigenvalue weighted by Crippen LogP contribution is -2.32. The number of hydrogen-bond acceptors (Lipinski definition) is 5. The van der Waals surface area contributed by atoms with Crippen LogP contribution in [0.3, 0.4) is 0 Å². The largest absolute Gasteiger partial charge is 0.372 e. The first-order valence-electron chi connectivity index (χ1n) is 7.19. The fraction of sp³-hybridized carbons (Fsp3) is 0.333. The number of aromatic nitrogens is 3. The number of rotatable bonds is 3. The number of carbonyl (C=O) groups is 1. The van der Waals surface area contributed by atoms with E-state index < -0.39 is 0 Å². The summed E-state index contributed by atoms with van der Waals surface area (Å²) in [6.07, 6.45) is 5.06. The molecule has 114 valence electrons. The molecule has 2 N–H and O–H groups in total. The normalized spacial score (nSPS) is 17.5. The van der Waals surface area contributed by atoms with Gasteiger partial charge in [0.2, 0.25) is 5.56 Å². The Morgan fingerprint density at radius 3 is 3.05 bits per heavy atom. The van der Waals surface area contributed by atoms with Crippen molar-refractivity contribution in [3.05, 3.63) is 52.3 Å². The zero-order chi connectivity index (χ0) is 15.5. The molecule has 1 fully saturated rings. The van der Waals surface area contributed by atoms with Crippen molar-refractivity contribution < 1.29 is 4.79 Å². The monoisotopic (exact) mass is 299 g/mol. The maximum absolute atomic E-state index is 12.6.